The van der Waals surface area contributed by atoms with Gasteiger partial charge in [-0.2, -0.15) is 10.4 Å². The fourth-order valence-electron chi connectivity index (χ4n) is 1.04. The largest absolute Gasteiger partial charge is 0.480 e. The second kappa shape index (κ2) is 3.72. The zero-order valence-corrected chi connectivity index (χ0v) is 7.14. The van der Waals surface area contributed by atoms with E-state index < -0.39 is 12.0 Å². The molecule has 0 saturated heterocycles. The molecule has 0 bridgehead atoms. The maximum Gasteiger partial charge on any atom is 0.328 e. The van der Waals surface area contributed by atoms with Crippen molar-refractivity contribution in [2.45, 2.75) is 19.4 Å². The van der Waals surface area contributed by atoms with E-state index in [-0.39, 0.29) is 0 Å². The number of hydrogen-bond acceptors (Lipinski definition) is 3. The lowest BCUT2D eigenvalue weighted by Gasteiger charge is -2.08. The number of rotatable bonds is 3. The van der Waals surface area contributed by atoms with Crippen molar-refractivity contribution in [2.75, 3.05) is 0 Å². The molecule has 0 spiro atoms. The zero-order valence-electron chi connectivity index (χ0n) is 7.14. The Balaban J connectivity index is 2.93. The van der Waals surface area contributed by atoms with Gasteiger partial charge in [-0.25, -0.2) is 4.79 Å². The van der Waals surface area contributed by atoms with E-state index in [2.05, 4.69) is 5.10 Å². The van der Waals surface area contributed by atoms with Crippen LogP contribution < -0.4 is 0 Å². The van der Waals surface area contributed by atoms with Crippen molar-refractivity contribution in [3.05, 3.63) is 18.0 Å². The van der Waals surface area contributed by atoms with Gasteiger partial charge in [0.2, 0.25) is 0 Å². The van der Waals surface area contributed by atoms with E-state index >= 15 is 0 Å². The zero-order chi connectivity index (χ0) is 9.84. The van der Waals surface area contributed by atoms with Gasteiger partial charge in [-0.3, -0.25) is 4.68 Å². The van der Waals surface area contributed by atoms with Gasteiger partial charge in [0, 0.05) is 6.20 Å². The van der Waals surface area contributed by atoms with E-state index in [4.69, 9.17) is 10.4 Å². The van der Waals surface area contributed by atoms with Gasteiger partial charge in [-0.05, 0) is 6.42 Å². The molecule has 0 aliphatic rings. The average molecular weight is 179 g/mol. The molecule has 1 heterocycles. The highest BCUT2D eigenvalue weighted by Crippen LogP contribution is 2.10. The normalized spacial score (nSPS) is 12.0. The monoisotopic (exact) mass is 179 g/mol. The predicted molar refractivity (Wildman–Crippen MR) is 43.9 cm³/mol. The number of carboxylic acid groups (broad SMARTS) is 1. The Bertz CT molecular complexity index is 351. The van der Waals surface area contributed by atoms with E-state index in [9.17, 15) is 4.79 Å². The van der Waals surface area contributed by atoms with Crippen LogP contribution in [0, 0.1) is 11.3 Å². The number of carbonyl (C=O) groups is 1. The maximum atomic E-state index is 10.7. The van der Waals surface area contributed by atoms with E-state index in [0.717, 1.165) is 0 Å². The van der Waals surface area contributed by atoms with Crippen LogP contribution in [0.2, 0.25) is 0 Å². The Hall–Kier alpha value is -1.83. The second-order valence-electron chi connectivity index (χ2n) is 2.58. The van der Waals surface area contributed by atoms with Crippen LogP contribution in [-0.2, 0) is 4.79 Å². The van der Waals surface area contributed by atoms with Crippen molar-refractivity contribution in [1.82, 2.24) is 9.78 Å². The predicted octanol–water partition coefficient (Wildman–Crippen LogP) is 0.790. The van der Waals surface area contributed by atoms with E-state index in [1.165, 1.54) is 17.1 Å². The molecular formula is C8H9N3O2. The van der Waals surface area contributed by atoms with Crippen LogP contribution in [0.5, 0.6) is 0 Å². The summed E-state index contributed by atoms with van der Waals surface area (Å²) in [5.41, 5.74) is 0.375. The number of nitriles is 1. The number of hydrogen-bond donors (Lipinski definition) is 1. The minimum atomic E-state index is -0.935. The summed E-state index contributed by atoms with van der Waals surface area (Å²) in [4.78, 5) is 10.7. The van der Waals surface area contributed by atoms with Crippen LogP contribution in [0.15, 0.2) is 12.4 Å². The second-order valence-corrected chi connectivity index (χ2v) is 2.58. The molecule has 1 aromatic rings. The van der Waals surface area contributed by atoms with Crippen molar-refractivity contribution in [3.63, 3.8) is 0 Å². The number of aliphatic carboxylic acids is 1. The van der Waals surface area contributed by atoms with Gasteiger partial charge in [0.15, 0.2) is 0 Å². The average Bonchev–Trinajstić information content (AvgIpc) is 2.53. The van der Waals surface area contributed by atoms with Crippen LogP contribution in [-0.4, -0.2) is 20.9 Å². The van der Waals surface area contributed by atoms with Crippen LogP contribution in [0.4, 0.5) is 0 Å². The summed E-state index contributed by atoms with van der Waals surface area (Å²) in [5.74, 6) is -0.935. The summed E-state index contributed by atoms with van der Waals surface area (Å²) in [6, 6.07) is 1.21. The van der Waals surface area contributed by atoms with Crippen LogP contribution in [0.3, 0.4) is 0 Å². The lowest BCUT2D eigenvalue weighted by Crippen LogP contribution is -2.18. The lowest BCUT2D eigenvalue weighted by atomic mass is 10.2. The highest BCUT2D eigenvalue weighted by Gasteiger charge is 2.17. The van der Waals surface area contributed by atoms with Gasteiger partial charge >= 0.3 is 5.97 Å². The molecule has 1 atom stereocenters. The number of nitrogens with zero attached hydrogens (tertiary/aromatic N) is 3. The van der Waals surface area contributed by atoms with Crippen molar-refractivity contribution in [1.29, 1.82) is 5.26 Å². The molecule has 1 aromatic heterocycles. The Labute approximate surface area is 75.2 Å². The Morgan fingerprint density at radius 2 is 2.62 bits per heavy atom. The smallest absolute Gasteiger partial charge is 0.328 e. The van der Waals surface area contributed by atoms with Crippen molar-refractivity contribution in [3.8, 4) is 6.07 Å². The summed E-state index contributed by atoms with van der Waals surface area (Å²) in [6.45, 7) is 1.76. The van der Waals surface area contributed by atoms with Gasteiger partial charge in [-0.15, -0.1) is 0 Å². The first-order valence-electron chi connectivity index (χ1n) is 3.86. The molecule has 0 radical (unpaired) electrons. The van der Waals surface area contributed by atoms with Gasteiger partial charge in [0.25, 0.3) is 0 Å². The molecule has 0 aromatic carbocycles. The summed E-state index contributed by atoms with van der Waals surface area (Å²) in [5, 5.41) is 21.1. The van der Waals surface area contributed by atoms with Crippen LogP contribution in [0.1, 0.15) is 24.9 Å². The quantitative estimate of drug-likeness (QED) is 0.743. The molecule has 0 saturated carbocycles. The molecule has 68 valence electrons. The molecule has 13 heavy (non-hydrogen) atoms. The van der Waals surface area contributed by atoms with Crippen LogP contribution >= 0.6 is 0 Å². The summed E-state index contributed by atoms with van der Waals surface area (Å²) < 4.78 is 1.29. The van der Waals surface area contributed by atoms with Crippen molar-refractivity contribution < 1.29 is 9.90 Å². The first-order valence-corrected chi connectivity index (χ1v) is 3.86. The van der Waals surface area contributed by atoms with Gasteiger partial charge < -0.3 is 5.11 Å². The standard InChI is InChI=1S/C8H9N3O2/c1-2-7(8(12)13)11-5-6(3-9)4-10-11/h4-5,7H,2H2,1H3,(H,12,13). The highest BCUT2D eigenvalue weighted by atomic mass is 16.4. The minimum absolute atomic E-state index is 0.375. The topological polar surface area (TPSA) is 78.9 Å². The molecule has 5 nitrogen and oxygen atoms in total. The first-order chi connectivity index (χ1) is 6.19. The maximum absolute atomic E-state index is 10.7. The summed E-state index contributed by atoms with van der Waals surface area (Å²) in [6.07, 6.45) is 3.23. The Kier molecular flexibility index (Phi) is 2.65. The third-order valence-electron chi connectivity index (χ3n) is 1.72. The molecule has 1 N–H and O–H groups in total. The molecule has 0 amide bonds. The highest BCUT2D eigenvalue weighted by molar-refractivity contribution is 5.71. The summed E-state index contributed by atoms with van der Waals surface area (Å²) in [7, 11) is 0. The SMILES string of the molecule is CCC(C(=O)O)n1cc(C#N)cn1. The minimum Gasteiger partial charge on any atom is -0.480 e. The number of carboxylic acids is 1. The molecule has 1 rings (SSSR count). The molecule has 0 aliphatic heterocycles. The van der Waals surface area contributed by atoms with E-state index in [1.807, 2.05) is 6.07 Å². The third kappa shape index (κ3) is 1.85. The van der Waals surface area contributed by atoms with Gasteiger partial charge in [0.1, 0.15) is 12.1 Å². The molecule has 0 aliphatic carbocycles. The van der Waals surface area contributed by atoms with Crippen molar-refractivity contribution in [2.24, 2.45) is 0 Å². The van der Waals surface area contributed by atoms with Crippen molar-refractivity contribution >= 4 is 5.97 Å². The third-order valence-corrected chi connectivity index (χ3v) is 1.72. The van der Waals surface area contributed by atoms with Gasteiger partial charge in [-0.1, -0.05) is 6.92 Å². The first kappa shape index (κ1) is 9.26. The van der Waals surface area contributed by atoms with Gasteiger partial charge in [0.05, 0.1) is 11.8 Å². The van der Waals surface area contributed by atoms with Crippen LogP contribution in [0.25, 0.3) is 0 Å². The fourth-order valence-corrected chi connectivity index (χ4v) is 1.04. The molecule has 0 fully saturated rings. The van der Waals surface area contributed by atoms with E-state index in [0.29, 0.717) is 12.0 Å². The summed E-state index contributed by atoms with van der Waals surface area (Å²) >= 11 is 0. The van der Waals surface area contributed by atoms with E-state index in [1.54, 1.807) is 6.92 Å². The molecule has 1 unspecified atom stereocenters. The fraction of sp³-hybridized carbons (Fsp3) is 0.375. The molecular weight excluding hydrogens is 170 g/mol. The number of aromatic nitrogens is 2. The molecule has 5 heteroatoms. The lowest BCUT2D eigenvalue weighted by molar-refractivity contribution is -0.141. The Morgan fingerprint density at radius 3 is 3.00 bits per heavy atom. The Morgan fingerprint density at radius 1 is 1.92 bits per heavy atom.